The molecule has 0 fully saturated rings. The van der Waals surface area contributed by atoms with Gasteiger partial charge < -0.3 is 10.6 Å². The highest BCUT2D eigenvalue weighted by atomic mass is 32.2. The van der Waals surface area contributed by atoms with Gasteiger partial charge in [-0.05, 0) is 43.3 Å². The minimum atomic E-state index is -3.26. The van der Waals surface area contributed by atoms with Crippen molar-refractivity contribution in [3.63, 3.8) is 0 Å². The summed E-state index contributed by atoms with van der Waals surface area (Å²) in [6.45, 7) is 1.50. The summed E-state index contributed by atoms with van der Waals surface area (Å²) in [7, 11) is -3.26. The van der Waals surface area contributed by atoms with Crippen LogP contribution < -0.4 is 10.6 Å². The van der Waals surface area contributed by atoms with Crippen molar-refractivity contribution < 1.29 is 18.0 Å². The van der Waals surface area contributed by atoms with E-state index in [0.717, 1.165) is 6.26 Å². The predicted molar refractivity (Wildman–Crippen MR) is 93.1 cm³/mol. The molecule has 1 amide bonds. The fourth-order valence-corrected chi connectivity index (χ4v) is 2.65. The Morgan fingerprint density at radius 2 is 1.67 bits per heavy atom. The summed E-state index contributed by atoms with van der Waals surface area (Å²) in [6, 6.07) is 12.8. The van der Waals surface area contributed by atoms with Gasteiger partial charge in [-0.1, -0.05) is 12.1 Å². The van der Waals surface area contributed by atoms with Crippen LogP contribution in [0.3, 0.4) is 0 Å². The molecule has 126 valence electrons. The van der Waals surface area contributed by atoms with Crippen molar-refractivity contribution in [2.45, 2.75) is 11.8 Å². The second kappa shape index (κ2) is 7.27. The molecule has 0 saturated heterocycles. The normalized spacial score (nSPS) is 10.9. The van der Waals surface area contributed by atoms with Gasteiger partial charge in [-0.2, -0.15) is 0 Å². The van der Waals surface area contributed by atoms with E-state index in [-0.39, 0.29) is 23.1 Å². The van der Waals surface area contributed by atoms with E-state index in [1.165, 1.54) is 31.2 Å². The molecular weight excluding hydrogens is 328 g/mol. The highest BCUT2D eigenvalue weighted by Crippen LogP contribution is 2.14. The van der Waals surface area contributed by atoms with E-state index in [1.807, 2.05) is 0 Å². The van der Waals surface area contributed by atoms with Crippen LogP contribution in [-0.4, -0.2) is 32.9 Å². The largest absolute Gasteiger partial charge is 0.376 e. The fourth-order valence-electron chi connectivity index (χ4n) is 2.02. The first kappa shape index (κ1) is 17.7. The van der Waals surface area contributed by atoms with E-state index in [0.29, 0.717) is 16.9 Å². The Labute approximate surface area is 140 Å². The third-order valence-electron chi connectivity index (χ3n) is 3.29. The molecule has 0 aliphatic heterocycles. The molecule has 0 aliphatic carbocycles. The van der Waals surface area contributed by atoms with Gasteiger partial charge in [0, 0.05) is 23.2 Å². The number of Topliss-reactive ketones (excluding diaryl/α,β-unsaturated/α-hetero) is 1. The van der Waals surface area contributed by atoms with Crippen LogP contribution in [0.15, 0.2) is 53.4 Å². The van der Waals surface area contributed by atoms with Gasteiger partial charge in [0.25, 0.3) is 0 Å². The minimum absolute atomic E-state index is 0.0230. The highest BCUT2D eigenvalue weighted by molar-refractivity contribution is 7.90. The number of carbonyl (C=O) groups excluding carboxylic acids is 2. The van der Waals surface area contributed by atoms with Crippen LogP contribution in [0.2, 0.25) is 0 Å². The van der Waals surface area contributed by atoms with Gasteiger partial charge in [0.15, 0.2) is 15.6 Å². The van der Waals surface area contributed by atoms with Crippen LogP contribution in [0.4, 0.5) is 11.4 Å². The number of amides is 1. The lowest BCUT2D eigenvalue weighted by Gasteiger charge is -2.09. The maximum Gasteiger partial charge on any atom is 0.243 e. The number of ketones is 1. The maximum atomic E-state index is 11.9. The van der Waals surface area contributed by atoms with Gasteiger partial charge in [-0.25, -0.2) is 8.42 Å². The van der Waals surface area contributed by atoms with Crippen molar-refractivity contribution >= 4 is 32.9 Å². The zero-order valence-electron chi connectivity index (χ0n) is 13.4. The van der Waals surface area contributed by atoms with E-state index < -0.39 is 9.84 Å². The molecule has 0 aliphatic rings. The molecule has 0 aromatic heterocycles. The summed E-state index contributed by atoms with van der Waals surface area (Å²) < 4.78 is 22.8. The SMILES string of the molecule is CC(=O)c1cccc(NCC(=O)Nc2ccc(S(C)(=O)=O)cc2)c1. The molecule has 2 N–H and O–H groups in total. The first-order valence-corrected chi connectivity index (χ1v) is 9.10. The summed E-state index contributed by atoms with van der Waals surface area (Å²) in [5.74, 6) is -0.329. The average molecular weight is 346 g/mol. The van der Waals surface area contributed by atoms with Crippen molar-refractivity contribution in [2.75, 3.05) is 23.4 Å². The number of nitrogens with one attached hydrogen (secondary N) is 2. The molecule has 0 radical (unpaired) electrons. The van der Waals surface area contributed by atoms with Gasteiger partial charge in [-0.15, -0.1) is 0 Å². The van der Waals surface area contributed by atoms with Crippen molar-refractivity contribution in [1.29, 1.82) is 0 Å². The molecule has 24 heavy (non-hydrogen) atoms. The summed E-state index contributed by atoms with van der Waals surface area (Å²) in [6.07, 6.45) is 1.12. The number of rotatable bonds is 6. The topological polar surface area (TPSA) is 92.3 Å². The predicted octanol–water partition coefficient (Wildman–Crippen LogP) is 2.34. The van der Waals surface area contributed by atoms with Crippen molar-refractivity contribution in [1.82, 2.24) is 0 Å². The standard InChI is InChI=1S/C17H18N2O4S/c1-12(20)13-4-3-5-15(10-13)18-11-17(21)19-14-6-8-16(9-7-14)24(2,22)23/h3-10,18H,11H2,1-2H3,(H,19,21). The molecule has 0 atom stereocenters. The van der Waals surface area contributed by atoms with Gasteiger partial charge in [0.05, 0.1) is 11.4 Å². The molecule has 0 unspecified atom stereocenters. The van der Waals surface area contributed by atoms with Gasteiger partial charge in [0.2, 0.25) is 5.91 Å². The Bertz CT molecular complexity index is 858. The zero-order valence-corrected chi connectivity index (χ0v) is 14.2. The van der Waals surface area contributed by atoms with Gasteiger partial charge in [-0.3, -0.25) is 9.59 Å². The molecular formula is C17H18N2O4S. The van der Waals surface area contributed by atoms with E-state index in [4.69, 9.17) is 0 Å². The quantitative estimate of drug-likeness (QED) is 0.783. The van der Waals surface area contributed by atoms with Gasteiger partial charge in [0.1, 0.15) is 0 Å². The van der Waals surface area contributed by atoms with E-state index >= 15 is 0 Å². The van der Waals surface area contributed by atoms with Crippen molar-refractivity contribution in [3.8, 4) is 0 Å². The van der Waals surface area contributed by atoms with E-state index in [9.17, 15) is 18.0 Å². The second-order valence-corrected chi connectivity index (χ2v) is 7.35. The molecule has 0 spiro atoms. The second-order valence-electron chi connectivity index (χ2n) is 5.34. The Kier molecular flexibility index (Phi) is 5.35. The number of anilines is 2. The first-order valence-electron chi connectivity index (χ1n) is 7.20. The van der Waals surface area contributed by atoms with Crippen LogP contribution in [0.25, 0.3) is 0 Å². The Hall–Kier alpha value is -2.67. The van der Waals surface area contributed by atoms with E-state index in [2.05, 4.69) is 10.6 Å². The number of benzene rings is 2. The maximum absolute atomic E-state index is 11.9. The first-order chi connectivity index (χ1) is 11.3. The molecule has 0 heterocycles. The molecule has 7 heteroatoms. The third kappa shape index (κ3) is 4.92. The lowest BCUT2D eigenvalue weighted by molar-refractivity contribution is -0.114. The van der Waals surface area contributed by atoms with Crippen LogP contribution in [0, 0.1) is 0 Å². The summed E-state index contributed by atoms with van der Waals surface area (Å²) >= 11 is 0. The molecule has 2 aromatic rings. The Morgan fingerprint density at radius 1 is 1.00 bits per heavy atom. The highest BCUT2D eigenvalue weighted by Gasteiger charge is 2.08. The number of carbonyl (C=O) groups is 2. The van der Waals surface area contributed by atoms with E-state index in [1.54, 1.807) is 24.3 Å². The summed E-state index contributed by atoms with van der Waals surface area (Å²) in [4.78, 5) is 23.4. The average Bonchev–Trinajstić information content (AvgIpc) is 2.53. The summed E-state index contributed by atoms with van der Waals surface area (Å²) in [5, 5.41) is 5.60. The summed E-state index contributed by atoms with van der Waals surface area (Å²) in [5.41, 5.74) is 1.74. The number of hydrogen-bond donors (Lipinski definition) is 2. The molecule has 2 aromatic carbocycles. The molecule has 2 rings (SSSR count). The van der Waals surface area contributed by atoms with Crippen LogP contribution in [0.1, 0.15) is 17.3 Å². The van der Waals surface area contributed by atoms with Crippen LogP contribution in [0.5, 0.6) is 0 Å². The molecule has 0 bridgehead atoms. The van der Waals surface area contributed by atoms with Crippen molar-refractivity contribution in [3.05, 3.63) is 54.1 Å². The zero-order chi connectivity index (χ0) is 17.7. The number of sulfone groups is 1. The minimum Gasteiger partial charge on any atom is -0.376 e. The smallest absolute Gasteiger partial charge is 0.243 e. The lowest BCUT2D eigenvalue weighted by Crippen LogP contribution is -2.21. The number of hydrogen-bond acceptors (Lipinski definition) is 5. The van der Waals surface area contributed by atoms with Crippen LogP contribution >= 0.6 is 0 Å². The molecule has 0 saturated carbocycles. The Balaban J connectivity index is 1.94. The lowest BCUT2D eigenvalue weighted by atomic mass is 10.1. The van der Waals surface area contributed by atoms with Crippen molar-refractivity contribution in [2.24, 2.45) is 0 Å². The monoisotopic (exact) mass is 346 g/mol. The fraction of sp³-hybridized carbons (Fsp3) is 0.176. The third-order valence-corrected chi connectivity index (χ3v) is 4.42. The van der Waals surface area contributed by atoms with Crippen LogP contribution in [-0.2, 0) is 14.6 Å². The Morgan fingerprint density at radius 3 is 2.25 bits per heavy atom. The van der Waals surface area contributed by atoms with Gasteiger partial charge >= 0.3 is 0 Å². The molecule has 6 nitrogen and oxygen atoms in total.